The molecule has 2 atom stereocenters. The van der Waals surface area contributed by atoms with Crippen LogP contribution in [0.5, 0.6) is 0 Å². The number of carbonyl (C=O) groups excluding carboxylic acids is 1. The highest BCUT2D eigenvalue weighted by Crippen LogP contribution is 2.17. The summed E-state index contributed by atoms with van der Waals surface area (Å²) in [4.78, 5) is 11.0. The first kappa shape index (κ1) is 15.7. The lowest BCUT2D eigenvalue weighted by molar-refractivity contribution is -0.114. The van der Waals surface area contributed by atoms with Crippen LogP contribution in [0, 0.1) is 5.92 Å². The molecule has 0 bridgehead atoms. The highest BCUT2D eigenvalue weighted by Gasteiger charge is 2.12. The predicted molar refractivity (Wildman–Crippen MR) is 78.0 cm³/mol. The number of hydrogen-bond donors (Lipinski definition) is 3. The average molecular weight is 264 g/mol. The second kappa shape index (κ2) is 7.26. The van der Waals surface area contributed by atoms with Crippen molar-refractivity contribution < 1.29 is 9.90 Å². The molecule has 1 amide bonds. The highest BCUT2D eigenvalue weighted by atomic mass is 16.3. The Morgan fingerprint density at radius 1 is 1.32 bits per heavy atom. The van der Waals surface area contributed by atoms with Gasteiger partial charge in [-0.3, -0.25) is 4.79 Å². The van der Waals surface area contributed by atoms with Crippen molar-refractivity contribution >= 4 is 11.6 Å². The van der Waals surface area contributed by atoms with E-state index in [-0.39, 0.29) is 24.0 Å². The molecule has 0 spiro atoms. The van der Waals surface area contributed by atoms with Crippen molar-refractivity contribution in [2.75, 3.05) is 11.9 Å². The fourth-order valence-corrected chi connectivity index (χ4v) is 1.74. The summed E-state index contributed by atoms with van der Waals surface area (Å²) >= 11 is 0. The molecule has 0 aromatic heterocycles. The van der Waals surface area contributed by atoms with Gasteiger partial charge >= 0.3 is 0 Å². The molecule has 0 heterocycles. The van der Waals surface area contributed by atoms with Gasteiger partial charge in [0.25, 0.3) is 0 Å². The number of hydrogen-bond acceptors (Lipinski definition) is 3. The smallest absolute Gasteiger partial charge is 0.221 e. The number of benzene rings is 1. The van der Waals surface area contributed by atoms with Gasteiger partial charge in [-0.25, -0.2) is 0 Å². The van der Waals surface area contributed by atoms with Gasteiger partial charge in [0.15, 0.2) is 0 Å². The Labute approximate surface area is 115 Å². The summed E-state index contributed by atoms with van der Waals surface area (Å²) in [5.74, 6) is 0.165. The van der Waals surface area contributed by atoms with Crippen molar-refractivity contribution in [2.45, 2.75) is 39.8 Å². The first-order valence-corrected chi connectivity index (χ1v) is 6.69. The number of amides is 1. The van der Waals surface area contributed by atoms with Gasteiger partial charge in [-0.15, -0.1) is 0 Å². The van der Waals surface area contributed by atoms with Crippen molar-refractivity contribution in [3.05, 3.63) is 29.8 Å². The number of anilines is 1. The first-order valence-electron chi connectivity index (χ1n) is 6.69. The van der Waals surface area contributed by atoms with Crippen LogP contribution in [0.15, 0.2) is 24.3 Å². The van der Waals surface area contributed by atoms with Gasteiger partial charge in [0.05, 0.1) is 6.10 Å². The molecule has 1 aromatic carbocycles. The molecule has 3 N–H and O–H groups in total. The number of rotatable bonds is 6. The van der Waals surface area contributed by atoms with Crippen molar-refractivity contribution in [1.82, 2.24) is 5.32 Å². The standard InChI is InChI=1S/C15H24N2O2/c1-10(2)15(19)9-16-11(3)13-6-5-7-14(8-13)17-12(4)18/h5-8,10-11,15-16,19H,9H2,1-4H3,(H,17,18). The number of carbonyl (C=O) groups is 1. The first-order chi connectivity index (χ1) is 8.90. The molecule has 0 aliphatic heterocycles. The molecule has 1 aromatic rings. The maximum Gasteiger partial charge on any atom is 0.221 e. The summed E-state index contributed by atoms with van der Waals surface area (Å²) in [6, 6.07) is 7.85. The van der Waals surface area contributed by atoms with E-state index in [0.717, 1.165) is 11.3 Å². The molecule has 0 radical (unpaired) electrons. The summed E-state index contributed by atoms with van der Waals surface area (Å²) in [7, 11) is 0. The van der Waals surface area contributed by atoms with E-state index >= 15 is 0 Å². The Bertz CT molecular complexity index is 418. The van der Waals surface area contributed by atoms with Gasteiger partial charge in [0.1, 0.15) is 0 Å². The van der Waals surface area contributed by atoms with E-state index in [2.05, 4.69) is 10.6 Å². The fourth-order valence-electron chi connectivity index (χ4n) is 1.74. The quantitative estimate of drug-likeness (QED) is 0.739. The van der Waals surface area contributed by atoms with Crippen LogP contribution in [0.2, 0.25) is 0 Å². The lowest BCUT2D eigenvalue weighted by Crippen LogP contribution is -2.32. The van der Waals surface area contributed by atoms with Crippen LogP contribution in [-0.4, -0.2) is 23.7 Å². The summed E-state index contributed by atoms with van der Waals surface area (Å²) in [6.45, 7) is 8.08. The lowest BCUT2D eigenvalue weighted by Gasteiger charge is -2.20. The second-order valence-electron chi connectivity index (χ2n) is 5.25. The minimum Gasteiger partial charge on any atom is -0.392 e. The molecule has 0 fully saturated rings. The Kier molecular flexibility index (Phi) is 5.99. The normalized spacial score (nSPS) is 14.2. The molecule has 19 heavy (non-hydrogen) atoms. The monoisotopic (exact) mass is 264 g/mol. The van der Waals surface area contributed by atoms with E-state index in [1.165, 1.54) is 6.92 Å². The van der Waals surface area contributed by atoms with Crippen LogP contribution in [0.4, 0.5) is 5.69 Å². The maximum absolute atomic E-state index is 11.0. The molecular formula is C15H24N2O2. The molecule has 106 valence electrons. The maximum atomic E-state index is 11.0. The summed E-state index contributed by atoms with van der Waals surface area (Å²) in [6.07, 6.45) is -0.346. The summed E-state index contributed by atoms with van der Waals surface area (Å²) in [5.41, 5.74) is 1.88. The largest absolute Gasteiger partial charge is 0.392 e. The van der Waals surface area contributed by atoms with Gasteiger partial charge in [-0.05, 0) is 30.5 Å². The third-order valence-corrected chi connectivity index (χ3v) is 3.11. The zero-order chi connectivity index (χ0) is 14.4. The van der Waals surface area contributed by atoms with Crippen LogP contribution < -0.4 is 10.6 Å². The fraction of sp³-hybridized carbons (Fsp3) is 0.533. The number of nitrogens with one attached hydrogen (secondary N) is 2. The zero-order valence-corrected chi connectivity index (χ0v) is 12.1. The second-order valence-corrected chi connectivity index (χ2v) is 5.25. The van der Waals surface area contributed by atoms with E-state index in [1.54, 1.807) is 0 Å². The lowest BCUT2D eigenvalue weighted by atomic mass is 10.0. The van der Waals surface area contributed by atoms with Crippen molar-refractivity contribution in [2.24, 2.45) is 5.92 Å². The van der Waals surface area contributed by atoms with Crippen LogP contribution in [0.25, 0.3) is 0 Å². The van der Waals surface area contributed by atoms with Gasteiger partial charge < -0.3 is 15.7 Å². The minimum absolute atomic E-state index is 0.0759. The van der Waals surface area contributed by atoms with Crippen LogP contribution in [0.3, 0.4) is 0 Å². The number of aliphatic hydroxyl groups excluding tert-OH is 1. The Morgan fingerprint density at radius 3 is 2.58 bits per heavy atom. The zero-order valence-electron chi connectivity index (χ0n) is 12.1. The van der Waals surface area contributed by atoms with Crippen LogP contribution in [0.1, 0.15) is 39.3 Å². The van der Waals surface area contributed by atoms with E-state index in [4.69, 9.17) is 0 Å². The van der Waals surface area contributed by atoms with Crippen LogP contribution >= 0.6 is 0 Å². The van der Waals surface area contributed by atoms with Gasteiger partial charge in [0, 0.05) is 25.2 Å². The molecule has 4 nitrogen and oxygen atoms in total. The molecule has 2 unspecified atom stereocenters. The predicted octanol–water partition coefficient (Wildman–Crippen LogP) is 2.31. The van der Waals surface area contributed by atoms with E-state index in [9.17, 15) is 9.90 Å². The third-order valence-electron chi connectivity index (χ3n) is 3.11. The molecule has 4 heteroatoms. The molecule has 0 aliphatic rings. The molecule has 0 saturated carbocycles. The number of aliphatic hydroxyl groups is 1. The summed E-state index contributed by atoms with van der Waals surface area (Å²) in [5, 5.41) is 15.8. The van der Waals surface area contributed by atoms with E-state index < -0.39 is 0 Å². The topological polar surface area (TPSA) is 61.4 Å². The Balaban J connectivity index is 2.61. The minimum atomic E-state index is -0.346. The van der Waals surface area contributed by atoms with Gasteiger partial charge in [-0.2, -0.15) is 0 Å². The Hall–Kier alpha value is -1.39. The average Bonchev–Trinajstić information content (AvgIpc) is 2.34. The highest BCUT2D eigenvalue weighted by molar-refractivity contribution is 5.88. The Morgan fingerprint density at radius 2 is 2.00 bits per heavy atom. The summed E-state index contributed by atoms with van der Waals surface area (Å²) < 4.78 is 0. The van der Waals surface area contributed by atoms with Crippen LogP contribution in [-0.2, 0) is 4.79 Å². The molecular weight excluding hydrogens is 240 g/mol. The third kappa shape index (κ3) is 5.41. The molecule has 0 aliphatic carbocycles. The molecule has 1 rings (SSSR count). The van der Waals surface area contributed by atoms with Crippen molar-refractivity contribution in [3.63, 3.8) is 0 Å². The SMILES string of the molecule is CC(=O)Nc1cccc(C(C)NCC(O)C(C)C)c1. The molecule has 0 saturated heterocycles. The van der Waals surface area contributed by atoms with Crippen molar-refractivity contribution in [3.8, 4) is 0 Å². The van der Waals surface area contributed by atoms with E-state index in [0.29, 0.717) is 6.54 Å². The van der Waals surface area contributed by atoms with E-state index in [1.807, 2.05) is 45.0 Å². The van der Waals surface area contributed by atoms with Gasteiger partial charge in [-0.1, -0.05) is 26.0 Å². The van der Waals surface area contributed by atoms with Gasteiger partial charge in [0.2, 0.25) is 5.91 Å². The van der Waals surface area contributed by atoms with Crippen molar-refractivity contribution in [1.29, 1.82) is 0 Å².